The molecule has 2 heteroatoms. The molecule has 0 radical (unpaired) electrons. The lowest BCUT2D eigenvalue weighted by atomic mass is 9.39. The second kappa shape index (κ2) is 15.8. The van der Waals surface area contributed by atoms with Crippen LogP contribution >= 0.6 is 0 Å². The highest BCUT2D eigenvalue weighted by Crippen LogP contribution is 2.37. The zero-order valence-corrected chi connectivity index (χ0v) is 23.7. The molecule has 0 aliphatic rings. The van der Waals surface area contributed by atoms with Crippen molar-refractivity contribution in [3.63, 3.8) is 0 Å². The third-order valence-corrected chi connectivity index (χ3v) is 7.84. The van der Waals surface area contributed by atoms with Crippen LogP contribution in [0.25, 0.3) is 0 Å². The number of hydrogen-bond acceptors (Lipinski definition) is 1. The largest absolute Gasteiger partial charge is 0.337 e. The van der Waals surface area contributed by atoms with E-state index in [1.54, 1.807) is 5.56 Å². The maximum absolute atomic E-state index is 4.00. The first-order valence-electron chi connectivity index (χ1n) is 14.1. The van der Waals surface area contributed by atoms with Crippen LogP contribution in [0.3, 0.4) is 0 Å². The Bertz CT molecular complexity index is 644. The van der Waals surface area contributed by atoms with Gasteiger partial charge in [-0.05, 0) is 53.1 Å². The molecule has 0 amide bonds. The molecule has 33 heavy (non-hydrogen) atoms. The molecule has 0 N–H and O–H groups in total. The summed E-state index contributed by atoms with van der Waals surface area (Å²) in [7, 11) is 0. The van der Waals surface area contributed by atoms with Crippen molar-refractivity contribution in [2.24, 2.45) is 5.92 Å². The summed E-state index contributed by atoms with van der Waals surface area (Å²) in [4.78, 5) is 2.80. The summed E-state index contributed by atoms with van der Waals surface area (Å²) in [6.07, 6.45) is 12.7. The molecule has 0 bridgehead atoms. The summed E-state index contributed by atoms with van der Waals surface area (Å²) < 4.78 is 0. The second-order valence-electron chi connectivity index (χ2n) is 11.5. The summed E-state index contributed by atoms with van der Waals surface area (Å²) in [5.41, 5.74) is 3.06. The van der Waals surface area contributed by atoms with Crippen molar-refractivity contribution < 1.29 is 0 Å². The maximum atomic E-state index is 4.00. The van der Waals surface area contributed by atoms with E-state index in [4.69, 9.17) is 0 Å². The Morgan fingerprint density at radius 1 is 0.818 bits per heavy atom. The zero-order chi connectivity index (χ0) is 25.0. The molecule has 0 saturated heterocycles. The lowest BCUT2D eigenvalue weighted by Crippen LogP contribution is -2.53. The molecule has 0 fully saturated rings. The van der Waals surface area contributed by atoms with Gasteiger partial charge in [0.25, 0.3) is 0 Å². The van der Waals surface area contributed by atoms with Crippen LogP contribution in [-0.4, -0.2) is 23.7 Å². The molecule has 1 aromatic carbocycles. The molecule has 0 saturated carbocycles. The highest BCUT2D eigenvalue weighted by molar-refractivity contribution is 6.59. The number of rotatable bonds is 17. The topological polar surface area (TPSA) is 3.24 Å². The average Bonchev–Trinajstić information content (AvgIpc) is 2.77. The Morgan fingerprint density at radius 3 is 1.97 bits per heavy atom. The van der Waals surface area contributed by atoms with Crippen molar-refractivity contribution in [2.45, 2.75) is 143 Å². The smallest absolute Gasteiger partial charge is 0.234 e. The van der Waals surface area contributed by atoms with Gasteiger partial charge in [-0.3, -0.25) is 0 Å². The van der Waals surface area contributed by atoms with Gasteiger partial charge in [-0.15, -0.1) is 6.58 Å². The van der Waals surface area contributed by atoms with Gasteiger partial charge < -0.3 is 4.81 Å². The van der Waals surface area contributed by atoms with E-state index in [0.717, 1.165) is 12.3 Å². The van der Waals surface area contributed by atoms with E-state index < -0.39 is 0 Å². The molecular formula is C31H56BN. The van der Waals surface area contributed by atoms with Gasteiger partial charge in [0.1, 0.15) is 0 Å². The molecule has 0 aliphatic heterocycles. The van der Waals surface area contributed by atoms with Gasteiger partial charge in [-0.1, -0.05) is 138 Å². The number of nitrogens with zero attached hydrogens (tertiary/aromatic N) is 1. The highest BCUT2D eigenvalue weighted by atomic mass is 15.1. The Morgan fingerprint density at radius 2 is 1.42 bits per heavy atom. The average molecular weight is 454 g/mol. The predicted molar refractivity (Wildman–Crippen MR) is 153 cm³/mol. The molecular weight excluding hydrogens is 397 g/mol. The van der Waals surface area contributed by atoms with Gasteiger partial charge in [0, 0.05) is 0 Å². The fourth-order valence-corrected chi connectivity index (χ4v) is 6.05. The summed E-state index contributed by atoms with van der Waals surface area (Å²) in [5, 5.41) is 0. The third-order valence-electron chi connectivity index (χ3n) is 7.84. The van der Waals surface area contributed by atoms with Crippen LogP contribution in [0.2, 0.25) is 5.82 Å². The zero-order valence-electron chi connectivity index (χ0n) is 23.7. The van der Waals surface area contributed by atoms with Gasteiger partial charge >= 0.3 is 0 Å². The molecule has 4 atom stereocenters. The minimum absolute atomic E-state index is 0.508. The Kier molecular flexibility index (Phi) is 14.4. The van der Waals surface area contributed by atoms with Gasteiger partial charge in [0.15, 0.2) is 0 Å². The van der Waals surface area contributed by atoms with E-state index in [1.165, 1.54) is 50.5 Å². The maximum Gasteiger partial charge on any atom is 0.234 e. The van der Waals surface area contributed by atoms with Crippen LogP contribution in [0.1, 0.15) is 137 Å². The van der Waals surface area contributed by atoms with Crippen molar-refractivity contribution >= 4 is 6.85 Å². The van der Waals surface area contributed by atoms with Crippen LogP contribution < -0.4 is 0 Å². The molecule has 1 nitrogen and oxygen atoms in total. The minimum atomic E-state index is 0.508. The molecule has 0 heterocycles. The van der Waals surface area contributed by atoms with Gasteiger partial charge in [-0.25, -0.2) is 0 Å². The number of allylic oxidation sites excluding steroid dienone is 1. The Labute approximate surface area is 208 Å². The van der Waals surface area contributed by atoms with Crippen molar-refractivity contribution in [3.05, 3.63) is 48.0 Å². The van der Waals surface area contributed by atoms with E-state index >= 15 is 0 Å². The third kappa shape index (κ3) is 9.63. The van der Waals surface area contributed by atoms with Crippen molar-refractivity contribution in [1.29, 1.82) is 0 Å². The molecule has 1 aromatic rings. The standard InChI is InChI=1S/C31H56BN/c1-11-13-14-15-19-26(7)22-23-28(9)32(33(24(3)4)25(5)6)29(10)31-21-17-16-20-30(31)27(8)18-12-2/h12,16-17,20-21,24-29H,2,11,13-15,18-19,22-23H2,1,3-10H3. The highest BCUT2D eigenvalue weighted by Gasteiger charge is 2.38. The molecule has 4 unspecified atom stereocenters. The van der Waals surface area contributed by atoms with Crippen molar-refractivity contribution in [3.8, 4) is 0 Å². The van der Waals surface area contributed by atoms with Crippen LogP contribution in [0.4, 0.5) is 0 Å². The summed E-state index contributed by atoms with van der Waals surface area (Å²) >= 11 is 0. The summed E-state index contributed by atoms with van der Waals surface area (Å²) in [6, 6.07) is 10.3. The molecule has 1 rings (SSSR count). The van der Waals surface area contributed by atoms with Crippen LogP contribution in [0, 0.1) is 5.92 Å². The van der Waals surface area contributed by atoms with Crippen molar-refractivity contribution in [1.82, 2.24) is 4.81 Å². The summed E-state index contributed by atoms with van der Waals surface area (Å²) in [6.45, 7) is 26.2. The first kappa shape index (κ1) is 30.0. The molecule has 0 aromatic heterocycles. The van der Waals surface area contributed by atoms with Gasteiger partial charge in [-0.2, -0.15) is 0 Å². The van der Waals surface area contributed by atoms with E-state index in [1.807, 2.05) is 0 Å². The minimum Gasteiger partial charge on any atom is -0.337 e. The number of hydrogen-bond donors (Lipinski definition) is 0. The van der Waals surface area contributed by atoms with Crippen LogP contribution in [0.5, 0.6) is 0 Å². The van der Waals surface area contributed by atoms with Crippen LogP contribution in [0.15, 0.2) is 36.9 Å². The monoisotopic (exact) mass is 453 g/mol. The Balaban J connectivity index is 3.12. The first-order chi connectivity index (χ1) is 15.6. The molecule has 0 spiro atoms. The fourth-order valence-electron chi connectivity index (χ4n) is 6.05. The number of benzene rings is 1. The Hall–Kier alpha value is -1.02. The van der Waals surface area contributed by atoms with E-state index in [-0.39, 0.29) is 0 Å². The van der Waals surface area contributed by atoms with E-state index in [2.05, 4.69) is 104 Å². The van der Waals surface area contributed by atoms with Crippen molar-refractivity contribution in [2.75, 3.05) is 0 Å². The van der Waals surface area contributed by atoms with Gasteiger partial charge in [0.05, 0.1) is 0 Å². The SMILES string of the molecule is C=CCC(C)c1ccccc1C(C)B(C(C)CCC(C)CCCCCC)N(C(C)C)C(C)C. The van der Waals surface area contributed by atoms with Gasteiger partial charge in [0.2, 0.25) is 6.85 Å². The molecule has 0 aliphatic carbocycles. The molecule has 188 valence electrons. The summed E-state index contributed by atoms with van der Waals surface area (Å²) in [5.74, 6) is 2.54. The van der Waals surface area contributed by atoms with E-state index in [9.17, 15) is 0 Å². The first-order valence-corrected chi connectivity index (χ1v) is 14.1. The normalized spacial score (nSPS) is 15.6. The van der Waals surface area contributed by atoms with Crippen LogP contribution in [-0.2, 0) is 0 Å². The number of unbranched alkanes of at least 4 members (excludes halogenated alkanes) is 3. The lowest BCUT2D eigenvalue weighted by Gasteiger charge is -2.43. The lowest BCUT2D eigenvalue weighted by molar-refractivity contribution is 0.290. The second-order valence-corrected chi connectivity index (χ2v) is 11.5. The van der Waals surface area contributed by atoms with E-state index in [0.29, 0.717) is 36.5 Å². The quantitative estimate of drug-likeness (QED) is 0.129. The fraction of sp³-hybridized carbons (Fsp3) is 0.742. The predicted octanol–water partition coefficient (Wildman–Crippen LogP) is 9.90.